The fourth-order valence-electron chi connectivity index (χ4n) is 2.71. The van der Waals surface area contributed by atoms with Crippen LogP contribution in [0.4, 0.5) is 10.5 Å². The van der Waals surface area contributed by atoms with Crippen LogP contribution in [-0.4, -0.2) is 44.2 Å². The van der Waals surface area contributed by atoms with Gasteiger partial charge >= 0.3 is 6.09 Å². The van der Waals surface area contributed by atoms with Crippen LogP contribution in [0.3, 0.4) is 0 Å². The second-order valence-electron chi connectivity index (χ2n) is 6.31. The van der Waals surface area contributed by atoms with E-state index in [0.29, 0.717) is 26.2 Å². The van der Waals surface area contributed by atoms with Crippen LogP contribution in [0.5, 0.6) is 0 Å². The first-order valence-corrected chi connectivity index (χ1v) is 8.66. The van der Waals surface area contributed by atoms with E-state index < -0.39 is 0 Å². The van der Waals surface area contributed by atoms with E-state index in [1.54, 1.807) is 4.90 Å². The summed E-state index contributed by atoms with van der Waals surface area (Å²) in [6, 6.07) is 18.1. The van der Waals surface area contributed by atoms with Crippen LogP contribution in [0.25, 0.3) is 0 Å². The van der Waals surface area contributed by atoms with Crippen LogP contribution >= 0.6 is 0 Å². The van der Waals surface area contributed by atoms with E-state index in [4.69, 9.17) is 4.74 Å². The number of hydrogen-bond acceptors (Lipinski definition) is 3. The van der Waals surface area contributed by atoms with E-state index >= 15 is 0 Å². The van der Waals surface area contributed by atoms with Gasteiger partial charge in [0, 0.05) is 26.3 Å². The lowest BCUT2D eigenvalue weighted by molar-refractivity contribution is 0.181. The van der Waals surface area contributed by atoms with Crippen molar-refractivity contribution < 1.29 is 9.53 Å². The van der Waals surface area contributed by atoms with Crippen LogP contribution in [0.2, 0.25) is 0 Å². The highest BCUT2D eigenvalue weighted by atomic mass is 16.6. The number of aliphatic imine (C=N–C) groups is 1. The number of rotatable bonds is 5. The number of carbonyl (C=O) groups is 1. The van der Waals surface area contributed by atoms with E-state index in [1.807, 2.05) is 61.5 Å². The summed E-state index contributed by atoms with van der Waals surface area (Å²) in [5.41, 5.74) is 3.16. The lowest BCUT2D eigenvalue weighted by atomic mass is 10.2. The van der Waals surface area contributed by atoms with Gasteiger partial charge in [0.15, 0.2) is 5.96 Å². The SMILES string of the molecule is CN(C)C(=NCc1ccccc1)NCc1ccc(N2CCOC2=O)cc1. The molecule has 1 aliphatic heterocycles. The number of nitrogens with zero attached hydrogens (tertiary/aromatic N) is 3. The highest BCUT2D eigenvalue weighted by Crippen LogP contribution is 2.19. The van der Waals surface area contributed by atoms with Crippen molar-refractivity contribution in [2.75, 3.05) is 32.1 Å². The largest absolute Gasteiger partial charge is 0.447 e. The molecule has 1 fully saturated rings. The Bertz CT molecular complexity index is 757. The molecule has 1 amide bonds. The molecule has 2 aromatic rings. The molecular formula is C20H24N4O2. The number of carbonyl (C=O) groups excluding carboxylic acids is 1. The summed E-state index contributed by atoms with van der Waals surface area (Å²) in [5, 5.41) is 3.37. The first-order valence-electron chi connectivity index (χ1n) is 8.66. The lowest BCUT2D eigenvalue weighted by Crippen LogP contribution is -2.36. The van der Waals surface area contributed by atoms with Crippen LogP contribution in [-0.2, 0) is 17.8 Å². The lowest BCUT2D eigenvalue weighted by Gasteiger charge is -2.18. The van der Waals surface area contributed by atoms with Crippen molar-refractivity contribution in [3.05, 3.63) is 65.7 Å². The molecule has 0 spiro atoms. The van der Waals surface area contributed by atoms with E-state index in [2.05, 4.69) is 22.4 Å². The molecule has 0 aromatic heterocycles. The molecule has 1 aliphatic rings. The number of ether oxygens (including phenoxy) is 1. The molecule has 6 nitrogen and oxygen atoms in total. The zero-order valence-electron chi connectivity index (χ0n) is 15.2. The summed E-state index contributed by atoms with van der Waals surface area (Å²) < 4.78 is 4.97. The van der Waals surface area contributed by atoms with Gasteiger partial charge in [0.25, 0.3) is 0 Å². The highest BCUT2D eigenvalue weighted by Gasteiger charge is 2.23. The molecule has 3 rings (SSSR count). The van der Waals surface area contributed by atoms with E-state index in [-0.39, 0.29) is 6.09 Å². The summed E-state index contributed by atoms with van der Waals surface area (Å²) in [6.45, 7) is 2.35. The van der Waals surface area contributed by atoms with Crippen molar-refractivity contribution in [3.8, 4) is 0 Å². The molecule has 2 aromatic carbocycles. The van der Waals surface area contributed by atoms with Crippen LogP contribution < -0.4 is 10.2 Å². The Kier molecular flexibility index (Phi) is 5.73. The molecule has 0 radical (unpaired) electrons. The van der Waals surface area contributed by atoms with Gasteiger partial charge in [-0.2, -0.15) is 0 Å². The van der Waals surface area contributed by atoms with Gasteiger partial charge in [0.05, 0.1) is 13.1 Å². The molecule has 0 bridgehead atoms. The quantitative estimate of drug-likeness (QED) is 0.664. The van der Waals surface area contributed by atoms with Crippen molar-refractivity contribution in [1.82, 2.24) is 10.2 Å². The minimum absolute atomic E-state index is 0.279. The molecule has 0 saturated carbocycles. The van der Waals surface area contributed by atoms with Crippen molar-refractivity contribution in [2.45, 2.75) is 13.1 Å². The first kappa shape index (κ1) is 17.8. The molecule has 1 heterocycles. The van der Waals surface area contributed by atoms with Crippen LogP contribution in [0.15, 0.2) is 59.6 Å². The van der Waals surface area contributed by atoms with E-state index in [9.17, 15) is 4.79 Å². The molecule has 6 heteroatoms. The maximum absolute atomic E-state index is 11.6. The number of anilines is 1. The minimum Gasteiger partial charge on any atom is -0.447 e. The fraction of sp³-hybridized carbons (Fsp3) is 0.300. The monoisotopic (exact) mass is 352 g/mol. The van der Waals surface area contributed by atoms with Crippen LogP contribution in [0.1, 0.15) is 11.1 Å². The van der Waals surface area contributed by atoms with Gasteiger partial charge in [-0.3, -0.25) is 4.90 Å². The third-order valence-electron chi connectivity index (χ3n) is 4.14. The topological polar surface area (TPSA) is 57.2 Å². The van der Waals surface area contributed by atoms with Crippen molar-refractivity contribution in [3.63, 3.8) is 0 Å². The second-order valence-corrected chi connectivity index (χ2v) is 6.31. The number of cyclic esters (lactones) is 1. The zero-order chi connectivity index (χ0) is 18.4. The third-order valence-corrected chi connectivity index (χ3v) is 4.14. The number of benzene rings is 2. The summed E-state index contributed by atoms with van der Waals surface area (Å²) in [5.74, 6) is 0.834. The van der Waals surface area contributed by atoms with Gasteiger partial charge < -0.3 is 15.0 Å². The molecule has 1 N–H and O–H groups in total. The number of amides is 1. The third kappa shape index (κ3) is 4.53. The Morgan fingerprint density at radius 3 is 2.46 bits per heavy atom. The van der Waals surface area contributed by atoms with Crippen LogP contribution in [0, 0.1) is 0 Å². The van der Waals surface area contributed by atoms with Gasteiger partial charge in [0.2, 0.25) is 0 Å². The summed E-state index contributed by atoms with van der Waals surface area (Å²) >= 11 is 0. The molecule has 136 valence electrons. The standard InChI is InChI=1S/C20H24N4O2/c1-23(2)19(21-14-16-6-4-3-5-7-16)22-15-17-8-10-18(11-9-17)24-12-13-26-20(24)25/h3-11H,12-15H2,1-2H3,(H,21,22). The predicted octanol–water partition coefficient (Wildman–Crippen LogP) is 2.85. The Hall–Kier alpha value is -3.02. The van der Waals surface area contributed by atoms with Gasteiger partial charge in [-0.1, -0.05) is 42.5 Å². The van der Waals surface area contributed by atoms with E-state index in [0.717, 1.165) is 17.2 Å². The molecular weight excluding hydrogens is 328 g/mol. The van der Waals surface area contributed by atoms with Crippen molar-refractivity contribution in [2.24, 2.45) is 4.99 Å². The summed E-state index contributed by atoms with van der Waals surface area (Å²) in [7, 11) is 3.94. The van der Waals surface area contributed by atoms with Gasteiger partial charge in [-0.25, -0.2) is 9.79 Å². The molecule has 0 atom stereocenters. The summed E-state index contributed by atoms with van der Waals surface area (Å²) in [6.07, 6.45) is -0.279. The maximum Gasteiger partial charge on any atom is 0.414 e. The Morgan fingerprint density at radius 1 is 1.12 bits per heavy atom. The van der Waals surface area contributed by atoms with Crippen molar-refractivity contribution >= 4 is 17.7 Å². The second kappa shape index (κ2) is 8.38. The maximum atomic E-state index is 11.6. The predicted molar refractivity (Wildman–Crippen MR) is 103 cm³/mol. The smallest absolute Gasteiger partial charge is 0.414 e. The number of guanidine groups is 1. The first-order chi connectivity index (χ1) is 12.6. The van der Waals surface area contributed by atoms with Gasteiger partial charge in [-0.15, -0.1) is 0 Å². The van der Waals surface area contributed by atoms with Gasteiger partial charge in [-0.05, 0) is 23.3 Å². The molecule has 0 aliphatic carbocycles. The highest BCUT2D eigenvalue weighted by molar-refractivity contribution is 5.89. The Morgan fingerprint density at radius 2 is 1.85 bits per heavy atom. The fourth-order valence-corrected chi connectivity index (χ4v) is 2.71. The summed E-state index contributed by atoms with van der Waals surface area (Å²) in [4.78, 5) is 19.9. The molecule has 26 heavy (non-hydrogen) atoms. The van der Waals surface area contributed by atoms with E-state index in [1.165, 1.54) is 5.56 Å². The van der Waals surface area contributed by atoms with Crippen molar-refractivity contribution in [1.29, 1.82) is 0 Å². The average molecular weight is 352 g/mol. The average Bonchev–Trinajstić information content (AvgIpc) is 3.09. The minimum atomic E-state index is -0.279. The Labute approximate surface area is 154 Å². The normalized spacial score (nSPS) is 14.3. The number of nitrogens with one attached hydrogen (secondary N) is 1. The zero-order valence-corrected chi connectivity index (χ0v) is 15.2. The molecule has 1 saturated heterocycles. The van der Waals surface area contributed by atoms with Gasteiger partial charge in [0.1, 0.15) is 6.61 Å². The Balaban J connectivity index is 1.59. The molecule has 0 unspecified atom stereocenters. The number of hydrogen-bond donors (Lipinski definition) is 1.